The quantitative estimate of drug-likeness (QED) is 0.582. The van der Waals surface area contributed by atoms with Gasteiger partial charge in [0, 0.05) is 17.6 Å². The number of rotatable bonds is 8. The number of halogens is 1. The maximum Gasteiger partial charge on any atom is 0.343 e. The van der Waals surface area contributed by atoms with E-state index < -0.39 is 13.3 Å². The van der Waals surface area contributed by atoms with Gasteiger partial charge in [0.15, 0.2) is 0 Å². The van der Waals surface area contributed by atoms with Crippen molar-refractivity contribution in [2.75, 3.05) is 27.4 Å². The molecule has 0 aromatic heterocycles. The summed E-state index contributed by atoms with van der Waals surface area (Å²) in [6.07, 6.45) is 1.10. The predicted octanol–water partition coefficient (Wildman–Crippen LogP) is 3.87. The fourth-order valence-corrected chi connectivity index (χ4v) is 5.70. The van der Waals surface area contributed by atoms with Crippen molar-refractivity contribution < 1.29 is 23.1 Å². The fourth-order valence-electron chi connectivity index (χ4n) is 3.07. The van der Waals surface area contributed by atoms with E-state index in [2.05, 4.69) is 15.9 Å². The summed E-state index contributed by atoms with van der Waals surface area (Å²) < 4.78 is 29.9. The maximum absolute atomic E-state index is 13.0. The molecule has 0 radical (unpaired) electrons. The highest BCUT2D eigenvalue weighted by Crippen LogP contribution is 2.57. The maximum atomic E-state index is 13.0. The number of likely N-dealkylation sites (tertiary alicyclic amines) is 1. The van der Waals surface area contributed by atoms with E-state index in [-0.39, 0.29) is 25.2 Å². The van der Waals surface area contributed by atoms with Crippen molar-refractivity contribution in [2.45, 2.75) is 38.4 Å². The van der Waals surface area contributed by atoms with Crippen LogP contribution in [0.1, 0.15) is 25.8 Å². The predicted molar refractivity (Wildman–Crippen MR) is 100 cm³/mol. The first kappa shape index (κ1) is 20.4. The Morgan fingerprint density at radius 2 is 1.92 bits per heavy atom. The molecule has 1 aromatic rings. The number of methoxy groups -OCH3 is 1. The number of nitrogens with zero attached hydrogens (tertiary/aromatic N) is 1. The van der Waals surface area contributed by atoms with Gasteiger partial charge in [-0.3, -0.25) is 9.36 Å². The Kier molecular flexibility index (Phi) is 7.09. The van der Waals surface area contributed by atoms with Gasteiger partial charge < -0.3 is 18.7 Å². The summed E-state index contributed by atoms with van der Waals surface area (Å²) in [6.45, 7) is 4.00. The molecule has 1 saturated heterocycles. The van der Waals surface area contributed by atoms with Gasteiger partial charge in [0.05, 0.1) is 20.3 Å². The minimum absolute atomic E-state index is 0.0589. The van der Waals surface area contributed by atoms with Crippen molar-refractivity contribution in [3.05, 3.63) is 28.2 Å². The van der Waals surface area contributed by atoms with Crippen LogP contribution in [-0.4, -0.2) is 49.9 Å². The van der Waals surface area contributed by atoms with E-state index in [0.29, 0.717) is 12.8 Å². The molecule has 1 aliphatic rings. The van der Waals surface area contributed by atoms with Crippen LogP contribution in [-0.2, 0) is 24.8 Å². The van der Waals surface area contributed by atoms with Gasteiger partial charge in [-0.1, -0.05) is 22.0 Å². The van der Waals surface area contributed by atoms with Crippen molar-refractivity contribution >= 4 is 29.4 Å². The third-order valence-corrected chi connectivity index (χ3v) is 7.56. The molecular weight excluding hydrogens is 409 g/mol. The molecule has 8 heteroatoms. The first-order valence-electron chi connectivity index (χ1n) is 8.34. The molecule has 1 fully saturated rings. The molecule has 1 heterocycles. The van der Waals surface area contributed by atoms with Gasteiger partial charge in [0.2, 0.25) is 5.91 Å². The second kappa shape index (κ2) is 8.67. The molecule has 140 valence electrons. The third kappa shape index (κ3) is 4.45. The van der Waals surface area contributed by atoms with Crippen molar-refractivity contribution in [3.8, 4) is 5.75 Å². The number of carbonyl (C=O) groups is 1. The van der Waals surface area contributed by atoms with Gasteiger partial charge >= 0.3 is 7.60 Å². The number of ether oxygens (including phenoxy) is 1. The standard InChI is InChI=1S/C17H25BrNO5P/c1-5-23-25(21,24-6-2)16-10-13(19(3)17(16)20)9-12-7-8-14(22-4)11-15(12)18/h7-8,11,13,16H,5-6,9-10H2,1-4H3/t13-,16?/m1/s1. The van der Waals surface area contributed by atoms with Crippen LogP contribution < -0.4 is 4.74 Å². The van der Waals surface area contributed by atoms with E-state index in [1.165, 1.54) is 0 Å². The van der Waals surface area contributed by atoms with Crippen LogP contribution in [0.2, 0.25) is 0 Å². The molecule has 6 nitrogen and oxygen atoms in total. The summed E-state index contributed by atoms with van der Waals surface area (Å²) in [7, 11) is -0.0878. The van der Waals surface area contributed by atoms with Crippen molar-refractivity contribution in [2.24, 2.45) is 0 Å². The topological polar surface area (TPSA) is 65.1 Å². The molecular formula is C17H25BrNO5P. The largest absolute Gasteiger partial charge is 0.497 e. The van der Waals surface area contributed by atoms with Crippen LogP contribution in [0.5, 0.6) is 5.75 Å². The summed E-state index contributed by atoms with van der Waals surface area (Å²) in [5.41, 5.74) is 0.327. The second-order valence-corrected chi connectivity index (χ2v) is 8.97. The zero-order valence-electron chi connectivity index (χ0n) is 15.0. The highest BCUT2D eigenvalue weighted by atomic mass is 79.9. The van der Waals surface area contributed by atoms with Crippen molar-refractivity contribution in [1.29, 1.82) is 0 Å². The zero-order chi connectivity index (χ0) is 18.6. The average molecular weight is 434 g/mol. The first-order chi connectivity index (χ1) is 11.9. The molecule has 1 aromatic carbocycles. The van der Waals surface area contributed by atoms with Crippen LogP contribution >= 0.6 is 23.5 Å². The lowest BCUT2D eigenvalue weighted by atomic mass is 10.0. The Hall–Kier alpha value is -0.880. The van der Waals surface area contributed by atoms with E-state index in [9.17, 15) is 9.36 Å². The molecule has 0 N–H and O–H groups in total. The van der Waals surface area contributed by atoms with Gasteiger partial charge in [-0.05, 0) is 44.4 Å². The zero-order valence-corrected chi connectivity index (χ0v) is 17.5. The normalized spacial score (nSPS) is 21.0. The Bertz CT molecular complexity index is 658. The number of likely N-dealkylation sites (N-methyl/N-ethyl adjacent to an activating group) is 1. The second-order valence-electron chi connectivity index (χ2n) is 5.89. The fraction of sp³-hybridized carbons (Fsp3) is 0.588. The van der Waals surface area contributed by atoms with E-state index in [4.69, 9.17) is 13.8 Å². The molecule has 2 atom stereocenters. The summed E-state index contributed by atoms with van der Waals surface area (Å²) in [4.78, 5) is 14.3. The van der Waals surface area contributed by atoms with Crippen LogP contribution in [0.25, 0.3) is 0 Å². The molecule has 0 spiro atoms. The Morgan fingerprint density at radius 1 is 1.28 bits per heavy atom. The summed E-state index contributed by atoms with van der Waals surface area (Å²) >= 11 is 3.55. The molecule has 0 saturated carbocycles. The number of hydrogen-bond donors (Lipinski definition) is 0. The minimum Gasteiger partial charge on any atom is -0.497 e. The van der Waals surface area contributed by atoms with Gasteiger partial charge in [0.25, 0.3) is 0 Å². The highest BCUT2D eigenvalue weighted by Gasteiger charge is 2.49. The lowest BCUT2D eigenvalue weighted by Crippen LogP contribution is -2.32. The van der Waals surface area contributed by atoms with Gasteiger partial charge in [0.1, 0.15) is 11.4 Å². The third-order valence-electron chi connectivity index (χ3n) is 4.39. The molecule has 1 unspecified atom stereocenters. The monoisotopic (exact) mass is 433 g/mol. The van der Waals surface area contributed by atoms with Gasteiger partial charge in [-0.15, -0.1) is 0 Å². The van der Waals surface area contributed by atoms with Crippen molar-refractivity contribution in [1.82, 2.24) is 4.90 Å². The summed E-state index contributed by atoms with van der Waals surface area (Å²) in [5, 5.41) is 0. The molecule has 0 aliphatic carbocycles. The van der Waals surface area contributed by atoms with Crippen LogP contribution in [0.3, 0.4) is 0 Å². The molecule has 25 heavy (non-hydrogen) atoms. The average Bonchev–Trinajstić information content (AvgIpc) is 2.86. The number of hydrogen-bond acceptors (Lipinski definition) is 5. The Balaban J connectivity index is 2.19. The first-order valence-corrected chi connectivity index (χ1v) is 10.7. The summed E-state index contributed by atoms with van der Waals surface area (Å²) in [6, 6.07) is 5.70. The lowest BCUT2D eigenvalue weighted by Gasteiger charge is -2.21. The molecule has 2 rings (SSSR count). The van der Waals surface area contributed by atoms with E-state index in [1.54, 1.807) is 32.9 Å². The lowest BCUT2D eigenvalue weighted by molar-refractivity contribution is -0.127. The molecule has 1 amide bonds. The number of benzene rings is 1. The Labute approximate surface area is 157 Å². The van der Waals surface area contributed by atoms with E-state index >= 15 is 0 Å². The highest BCUT2D eigenvalue weighted by molar-refractivity contribution is 9.10. The smallest absolute Gasteiger partial charge is 0.343 e. The van der Waals surface area contributed by atoms with Crippen LogP contribution in [0, 0.1) is 0 Å². The van der Waals surface area contributed by atoms with Gasteiger partial charge in [-0.25, -0.2) is 0 Å². The van der Waals surface area contributed by atoms with Crippen molar-refractivity contribution in [3.63, 3.8) is 0 Å². The van der Waals surface area contributed by atoms with Gasteiger partial charge in [-0.2, -0.15) is 0 Å². The minimum atomic E-state index is -3.45. The Morgan fingerprint density at radius 3 is 2.44 bits per heavy atom. The van der Waals surface area contributed by atoms with E-state index in [0.717, 1.165) is 15.8 Å². The number of carbonyl (C=O) groups excluding carboxylic acids is 1. The van der Waals surface area contributed by atoms with Crippen LogP contribution in [0.15, 0.2) is 22.7 Å². The number of amides is 1. The molecule has 1 aliphatic heterocycles. The van der Waals surface area contributed by atoms with Crippen LogP contribution in [0.4, 0.5) is 0 Å². The summed E-state index contributed by atoms with van der Waals surface area (Å²) in [5.74, 6) is 0.585. The van der Waals surface area contributed by atoms with E-state index in [1.807, 2.05) is 18.2 Å². The molecule has 0 bridgehead atoms. The SMILES string of the molecule is CCOP(=O)(OCC)C1C[C@@H](Cc2ccc(OC)cc2Br)N(C)C1=O.